The minimum Gasteiger partial charge on any atom is -0.300 e. The van der Waals surface area contributed by atoms with Crippen LogP contribution in [0.3, 0.4) is 0 Å². The van der Waals surface area contributed by atoms with Crippen molar-refractivity contribution in [1.82, 2.24) is 0 Å². The molecule has 0 amide bonds. The van der Waals surface area contributed by atoms with E-state index in [-0.39, 0.29) is 0 Å². The van der Waals surface area contributed by atoms with Gasteiger partial charge in [-0.15, -0.1) is 0 Å². The molecule has 0 aliphatic heterocycles. The Morgan fingerprint density at radius 2 is 1.50 bits per heavy atom. The topological polar surface area (TPSA) is 17.1 Å². The summed E-state index contributed by atoms with van der Waals surface area (Å²) in [6, 6.07) is 0. The van der Waals surface area contributed by atoms with Crippen LogP contribution in [0.1, 0.15) is 84.0 Å². The predicted molar refractivity (Wildman–Crippen MR) is 78.7 cm³/mol. The summed E-state index contributed by atoms with van der Waals surface area (Å²) in [5.41, 5.74) is 0. The summed E-state index contributed by atoms with van der Waals surface area (Å²) < 4.78 is 0. The molecule has 0 aromatic rings. The molecule has 1 atom stereocenters. The lowest BCUT2D eigenvalue weighted by Gasteiger charge is -2.07. The van der Waals surface area contributed by atoms with Crippen LogP contribution in [-0.4, -0.2) is 5.78 Å². The minimum atomic E-state index is 0.474. The second kappa shape index (κ2) is 10.3. The van der Waals surface area contributed by atoms with E-state index < -0.39 is 0 Å². The Hall–Kier alpha value is -0.590. The van der Waals surface area contributed by atoms with E-state index in [1.54, 1.807) is 0 Å². The van der Waals surface area contributed by atoms with Gasteiger partial charge in [0.15, 0.2) is 0 Å². The zero-order chi connectivity index (χ0) is 13.1. The number of hydrogen-bond acceptors (Lipinski definition) is 1. The van der Waals surface area contributed by atoms with Gasteiger partial charge < -0.3 is 0 Å². The van der Waals surface area contributed by atoms with E-state index in [9.17, 15) is 4.79 Å². The van der Waals surface area contributed by atoms with Crippen LogP contribution in [-0.2, 0) is 4.79 Å². The van der Waals surface area contributed by atoms with Crippen LogP contribution in [0, 0.1) is 5.92 Å². The minimum absolute atomic E-state index is 0.474. The fraction of sp³-hybridized carbons (Fsp3) is 0.824. The Bertz CT molecular complexity index is 242. The zero-order valence-corrected chi connectivity index (χ0v) is 12.1. The Morgan fingerprint density at radius 3 is 2.22 bits per heavy atom. The highest BCUT2D eigenvalue weighted by Gasteiger charge is 2.05. The standard InChI is InChI=1S/C17H30O/c1-16-12-10-8-6-4-2-3-5-7-9-11-13-17(18)15-14-16/h10,12,16H,2-9,11,13-15H2,1H3/b12-10+. The molecule has 0 fully saturated rings. The first-order valence-corrected chi connectivity index (χ1v) is 7.97. The van der Waals surface area contributed by atoms with E-state index in [1.165, 1.54) is 51.4 Å². The summed E-state index contributed by atoms with van der Waals surface area (Å²) in [6.07, 6.45) is 19.0. The Morgan fingerprint density at radius 1 is 0.889 bits per heavy atom. The molecule has 1 nitrogen and oxygen atoms in total. The van der Waals surface area contributed by atoms with E-state index in [0.29, 0.717) is 11.7 Å². The number of rotatable bonds is 0. The molecular weight excluding hydrogens is 220 g/mol. The number of carbonyl (C=O) groups is 1. The van der Waals surface area contributed by atoms with Gasteiger partial charge in [0.25, 0.3) is 0 Å². The maximum Gasteiger partial charge on any atom is 0.132 e. The number of ketones is 1. The van der Waals surface area contributed by atoms with Crippen molar-refractivity contribution < 1.29 is 4.79 Å². The maximum atomic E-state index is 11.7. The number of hydrogen-bond donors (Lipinski definition) is 0. The van der Waals surface area contributed by atoms with Gasteiger partial charge in [0.05, 0.1) is 0 Å². The molecule has 18 heavy (non-hydrogen) atoms. The van der Waals surface area contributed by atoms with Crippen molar-refractivity contribution >= 4 is 5.78 Å². The molecule has 0 N–H and O–H groups in total. The van der Waals surface area contributed by atoms with Crippen LogP contribution in [0.25, 0.3) is 0 Å². The molecule has 0 aromatic heterocycles. The first kappa shape index (κ1) is 15.5. The molecule has 0 aromatic carbocycles. The maximum absolute atomic E-state index is 11.7. The van der Waals surface area contributed by atoms with Crippen molar-refractivity contribution in [3.05, 3.63) is 12.2 Å². The van der Waals surface area contributed by atoms with Gasteiger partial charge in [-0.05, 0) is 31.6 Å². The Labute approximate surface area is 113 Å². The molecule has 0 radical (unpaired) electrons. The van der Waals surface area contributed by atoms with Gasteiger partial charge in [-0.2, -0.15) is 0 Å². The van der Waals surface area contributed by atoms with Crippen LogP contribution >= 0.6 is 0 Å². The van der Waals surface area contributed by atoms with Gasteiger partial charge in [-0.25, -0.2) is 0 Å². The smallest absolute Gasteiger partial charge is 0.132 e. The fourth-order valence-electron chi connectivity index (χ4n) is 2.58. The van der Waals surface area contributed by atoms with Gasteiger partial charge >= 0.3 is 0 Å². The van der Waals surface area contributed by atoms with Gasteiger partial charge in [0.1, 0.15) is 5.78 Å². The van der Waals surface area contributed by atoms with Crippen LogP contribution < -0.4 is 0 Å². The van der Waals surface area contributed by atoms with Gasteiger partial charge in [-0.3, -0.25) is 4.79 Å². The van der Waals surface area contributed by atoms with Crippen LogP contribution in [0.15, 0.2) is 12.2 Å². The van der Waals surface area contributed by atoms with E-state index >= 15 is 0 Å². The molecule has 1 aliphatic rings. The summed E-state index contributed by atoms with van der Waals surface area (Å²) in [6.45, 7) is 2.23. The normalized spacial score (nSPS) is 27.8. The monoisotopic (exact) mass is 250 g/mol. The van der Waals surface area contributed by atoms with E-state index in [2.05, 4.69) is 19.1 Å². The second-order valence-electron chi connectivity index (χ2n) is 5.85. The largest absolute Gasteiger partial charge is 0.300 e. The average Bonchev–Trinajstić information content (AvgIpc) is 2.36. The lowest BCUT2D eigenvalue weighted by molar-refractivity contribution is -0.119. The molecule has 0 saturated heterocycles. The molecule has 0 saturated carbocycles. The highest BCUT2D eigenvalue weighted by Crippen LogP contribution is 2.15. The molecule has 1 heteroatoms. The lowest BCUT2D eigenvalue weighted by Crippen LogP contribution is -2.01. The van der Waals surface area contributed by atoms with Crippen LogP contribution in [0.4, 0.5) is 0 Å². The van der Waals surface area contributed by atoms with E-state index in [4.69, 9.17) is 0 Å². The molecule has 1 unspecified atom stereocenters. The number of allylic oxidation sites excluding steroid dienone is 2. The fourth-order valence-corrected chi connectivity index (χ4v) is 2.58. The molecule has 0 spiro atoms. The summed E-state index contributed by atoms with van der Waals surface area (Å²) in [5, 5.41) is 0. The highest BCUT2D eigenvalue weighted by molar-refractivity contribution is 5.78. The van der Waals surface area contributed by atoms with E-state index in [1.807, 2.05) is 0 Å². The molecule has 0 bridgehead atoms. The lowest BCUT2D eigenvalue weighted by atomic mass is 9.98. The summed E-state index contributed by atoms with van der Waals surface area (Å²) in [7, 11) is 0. The van der Waals surface area contributed by atoms with Gasteiger partial charge in [0, 0.05) is 12.8 Å². The van der Waals surface area contributed by atoms with E-state index in [0.717, 1.165) is 25.7 Å². The third-order valence-electron chi connectivity index (χ3n) is 3.92. The third kappa shape index (κ3) is 8.49. The summed E-state index contributed by atoms with van der Waals surface area (Å²) in [4.78, 5) is 11.7. The Kier molecular flexibility index (Phi) is 8.89. The number of carbonyl (C=O) groups excluding carboxylic acids is 1. The molecule has 0 heterocycles. The van der Waals surface area contributed by atoms with Crippen molar-refractivity contribution in [1.29, 1.82) is 0 Å². The van der Waals surface area contributed by atoms with Gasteiger partial charge in [0.2, 0.25) is 0 Å². The van der Waals surface area contributed by atoms with Crippen molar-refractivity contribution in [3.63, 3.8) is 0 Å². The average molecular weight is 250 g/mol. The van der Waals surface area contributed by atoms with Crippen LogP contribution in [0.2, 0.25) is 0 Å². The van der Waals surface area contributed by atoms with Crippen molar-refractivity contribution in [2.75, 3.05) is 0 Å². The first-order valence-electron chi connectivity index (χ1n) is 7.97. The predicted octanol–water partition coefficient (Wildman–Crippen LogP) is 5.44. The number of Topliss-reactive ketones (excluding diaryl/α,β-unsaturated/α-hetero) is 1. The van der Waals surface area contributed by atoms with Crippen molar-refractivity contribution in [2.45, 2.75) is 84.0 Å². The Balaban J connectivity index is 2.29. The molecule has 1 rings (SSSR count). The van der Waals surface area contributed by atoms with Crippen molar-refractivity contribution in [2.24, 2.45) is 5.92 Å². The van der Waals surface area contributed by atoms with Crippen molar-refractivity contribution in [3.8, 4) is 0 Å². The first-order chi connectivity index (χ1) is 8.79. The molecule has 1 aliphatic carbocycles. The molecule has 104 valence electrons. The SMILES string of the molecule is CC1/C=C/CCCCCCCCCCC(=O)CC1. The van der Waals surface area contributed by atoms with Crippen LogP contribution in [0.5, 0.6) is 0 Å². The zero-order valence-electron chi connectivity index (χ0n) is 12.1. The highest BCUT2D eigenvalue weighted by atomic mass is 16.1. The second-order valence-corrected chi connectivity index (χ2v) is 5.85. The quantitative estimate of drug-likeness (QED) is 0.523. The van der Waals surface area contributed by atoms with Gasteiger partial charge in [-0.1, -0.05) is 57.6 Å². The third-order valence-corrected chi connectivity index (χ3v) is 3.92. The summed E-state index contributed by atoms with van der Waals surface area (Å²) in [5.74, 6) is 1.05. The molecular formula is C17H30O. The summed E-state index contributed by atoms with van der Waals surface area (Å²) >= 11 is 0.